The number of methoxy groups -OCH3 is 1. The molecule has 0 spiro atoms. The summed E-state index contributed by atoms with van der Waals surface area (Å²) in [5, 5.41) is 3.43. The number of benzene rings is 1. The largest absolute Gasteiger partial charge is 0.497 e. The third kappa shape index (κ3) is 5.19. The Labute approximate surface area is 138 Å². The fourth-order valence-corrected chi connectivity index (χ4v) is 2.02. The van der Waals surface area contributed by atoms with Crippen LogP contribution in [0.5, 0.6) is 5.75 Å². The molecule has 4 nitrogen and oxygen atoms in total. The third-order valence-corrected chi connectivity index (χ3v) is 3.40. The summed E-state index contributed by atoms with van der Waals surface area (Å²) in [6, 6.07) is 8.15. The van der Waals surface area contributed by atoms with Crippen LogP contribution >= 0.6 is 24.0 Å². The number of halogens is 1. The second kappa shape index (κ2) is 8.34. The van der Waals surface area contributed by atoms with E-state index in [0.29, 0.717) is 0 Å². The highest BCUT2D eigenvalue weighted by Crippen LogP contribution is 2.27. The van der Waals surface area contributed by atoms with Gasteiger partial charge in [-0.15, -0.1) is 24.0 Å². The molecule has 0 aliphatic heterocycles. The van der Waals surface area contributed by atoms with Gasteiger partial charge in [-0.3, -0.25) is 4.99 Å². The molecule has 5 heteroatoms. The highest BCUT2D eigenvalue weighted by atomic mass is 127. The maximum absolute atomic E-state index is 5.16. The first kappa shape index (κ1) is 17.1. The molecule has 0 atom stereocenters. The second-order valence-corrected chi connectivity index (χ2v) is 5.08. The number of nitrogens with one attached hydrogen (secondary N) is 1. The first-order chi connectivity index (χ1) is 9.22. The van der Waals surface area contributed by atoms with Gasteiger partial charge in [0.15, 0.2) is 5.96 Å². The summed E-state index contributed by atoms with van der Waals surface area (Å²) in [7, 11) is 5.58. The molecule has 0 amide bonds. The Bertz CT molecular complexity index is 429. The monoisotopic (exact) mass is 389 g/mol. The van der Waals surface area contributed by atoms with E-state index in [1.165, 1.54) is 18.4 Å². The first-order valence-electron chi connectivity index (χ1n) is 6.77. The van der Waals surface area contributed by atoms with Gasteiger partial charge in [-0.1, -0.05) is 12.1 Å². The van der Waals surface area contributed by atoms with Crippen LogP contribution in [-0.2, 0) is 6.54 Å². The van der Waals surface area contributed by atoms with Crippen LogP contribution in [0.3, 0.4) is 0 Å². The minimum Gasteiger partial charge on any atom is -0.497 e. The van der Waals surface area contributed by atoms with Crippen LogP contribution in [0, 0.1) is 5.92 Å². The Morgan fingerprint density at radius 2 is 2.00 bits per heavy atom. The van der Waals surface area contributed by atoms with Gasteiger partial charge in [0.25, 0.3) is 0 Å². The second-order valence-electron chi connectivity index (χ2n) is 5.08. The summed E-state index contributed by atoms with van der Waals surface area (Å²) in [5.41, 5.74) is 1.25. The van der Waals surface area contributed by atoms with E-state index in [0.717, 1.165) is 30.7 Å². The predicted molar refractivity (Wildman–Crippen MR) is 94.0 cm³/mol. The van der Waals surface area contributed by atoms with Crippen molar-refractivity contribution in [3.8, 4) is 5.75 Å². The Kier molecular flexibility index (Phi) is 7.12. The van der Waals surface area contributed by atoms with Crippen molar-refractivity contribution in [3.05, 3.63) is 29.8 Å². The fourth-order valence-electron chi connectivity index (χ4n) is 2.02. The van der Waals surface area contributed by atoms with Crippen LogP contribution < -0.4 is 10.1 Å². The van der Waals surface area contributed by atoms with E-state index in [1.807, 2.05) is 19.2 Å². The number of nitrogens with zero attached hydrogens (tertiary/aromatic N) is 2. The first-order valence-corrected chi connectivity index (χ1v) is 6.77. The smallest absolute Gasteiger partial charge is 0.193 e. The summed E-state index contributed by atoms with van der Waals surface area (Å²) in [5.74, 6) is 2.71. The summed E-state index contributed by atoms with van der Waals surface area (Å²) >= 11 is 0. The van der Waals surface area contributed by atoms with Crippen molar-refractivity contribution in [3.63, 3.8) is 0 Å². The molecule has 112 valence electrons. The molecule has 0 radical (unpaired) electrons. The molecule has 1 saturated carbocycles. The normalized spacial score (nSPS) is 14.4. The number of aliphatic imine (C=N–C) groups is 1. The summed E-state index contributed by atoms with van der Waals surface area (Å²) in [4.78, 5) is 6.47. The average molecular weight is 389 g/mol. The molecule has 1 aliphatic carbocycles. The van der Waals surface area contributed by atoms with E-state index in [2.05, 4.69) is 34.4 Å². The number of hydrogen-bond donors (Lipinski definition) is 1. The Hall–Kier alpha value is -0.980. The minimum absolute atomic E-state index is 0. The van der Waals surface area contributed by atoms with E-state index < -0.39 is 0 Å². The van der Waals surface area contributed by atoms with Crippen LogP contribution in [0.4, 0.5) is 0 Å². The minimum atomic E-state index is 0. The molecule has 0 unspecified atom stereocenters. The van der Waals surface area contributed by atoms with Crippen LogP contribution in [0.15, 0.2) is 29.3 Å². The summed E-state index contributed by atoms with van der Waals surface area (Å²) in [6.45, 7) is 1.88. The SMILES string of the molecule is CN=C(NCC1CC1)N(C)Cc1ccc(OC)cc1.I. The lowest BCUT2D eigenvalue weighted by atomic mass is 10.2. The van der Waals surface area contributed by atoms with E-state index >= 15 is 0 Å². The van der Waals surface area contributed by atoms with Gasteiger partial charge < -0.3 is 15.0 Å². The zero-order valence-electron chi connectivity index (χ0n) is 12.4. The van der Waals surface area contributed by atoms with Gasteiger partial charge >= 0.3 is 0 Å². The van der Waals surface area contributed by atoms with Crippen molar-refractivity contribution >= 4 is 29.9 Å². The fraction of sp³-hybridized carbons (Fsp3) is 0.533. The van der Waals surface area contributed by atoms with Gasteiger partial charge in [0, 0.05) is 27.2 Å². The summed E-state index contributed by atoms with van der Waals surface area (Å²) < 4.78 is 5.16. The van der Waals surface area contributed by atoms with Crippen molar-refractivity contribution in [1.29, 1.82) is 0 Å². The molecule has 2 rings (SSSR count). The molecule has 1 N–H and O–H groups in total. The van der Waals surface area contributed by atoms with Gasteiger partial charge in [0.1, 0.15) is 5.75 Å². The standard InChI is InChI=1S/C15H23N3O.HI/c1-16-15(17-10-12-4-5-12)18(2)11-13-6-8-14(19-3)9-7-13;/h6-9,12H,4-5,10-11H2,1-3H3,(H,16,17);1H. The van der Waals surface area contributed by atoms with Gasteiger partial charge in [0.05, 0.1) is 7.11 Å². The molecule has 20 heavy (non-hydrogen) atoms. The molecular formula is C15H24IN3O. The molecular weight excluding hydrogens is 365 g/mol. The lowest BCUT2D eigenvalue weighted by Gasteiger charge is -2.22. The van der Waals surface area contributed by atoms with E-state index in [-0.39, 0.29) is 24.0 Å². The lowest BCUT2D eigenvalue weighted by Crippen LogP contribution is -2.39. The molecule has 1 aromatic carbocycles. The zero-order valence-corrected chi connectivity index (χ0v) is 14.8. The van der Waals surface area contributed by atoms with Crippen LogP contribution in [0.1, 0.15) is 18.4 Å². The van der Waals surface area contributed by atoms with E-state index in [1.54, 1.807) is 7.11 Å². The molecule has 1 fully saturated rings. The Morgan fingerprint density at radius 1 is 1.35 bits per heavy atom. The van der Waals surface area contributed by atoms with Gasteiger partial charge in [-0.05, 0) is 36.5 Å². The number of guanidine groups is 1. The molecule has 0 aromatic heterocycles. The maximum Gasteiger partial charge on any atom is 0.193 e. The number of hydrogen-bond acceptors (Lipinski definition) is 2. The van der Waals surface area contributed by atoms with Gasteiger partial charge in [-0.2, -0.15) is 0 Å². The van der Waals surface area contributed by atoms with Gasteiger partial charge in [-0.25, -0.2) is 0 Å². The van der Waals surface area contributed by atoms with E-state index in [9.17, 15) is 0 Å². The number of rotatable bonds is 5. The Morgan fingerprint density at radius 3 is 2.50 bits per heavy atom. The summed E-state index contributed by atoms with van der Waals surface area (Å²) in [6.07, 6.45) is 2.71. The molecule has 0 saturated heterocycles. The average Bonchev–Trinajstić information content (AvgIpc) is 3.24. The quantitative estimate of drug-likeness (QED) is 0.478. The van der Waals surface area contributed by atoms with Crippen molar-refractivity contribution < 1.29 is 4.74 Å². The highest BCUT2D eigenvalue weighted by molar-refractivity contribution is 14.0. The van der Waals surface area contributed by atoms with Crippen molar-refractivity contribution in [2.45, 2.75) is 19.4 Å². The van der Waals surface area contributed by atoms with E-state index in [4.69, 9.17) is 4.74 Å². The maximum atomic E-state index is 5.16. The molecule has 0 bridgehead atoms. The number of ether oxygens (including phenoxy) is 1. The predicted octanol–water partition coefficient (Wildman–Crippen LogP) is 2.73. The molecule has 0 heterocycles. The van der Waals surface area contributed by atoms with Crippen LogP contribution in [0.2, 0.25) is 0 Å². The Balaban J connectivity index is 0.00000200. The van der Waals surface area contributed by atoms with Crippen LogP contribution in [-0.4, -0.2) is 38.6 Å². The van der Waals surface area contributed by atoms with Gasteiger partial charge in [0.2, 0.25) is 0 Å². The molecule has 1 aliphatic rings. The van der Waals surface area contributed by atoms with Crippen LogP contribution in [0.25, 0.3) is 0 Å². The molecule has 1 aromatic rings. The highest BCUT2D eigenvalue weighted by Gasteiger charge is 2.21. The lowest BCUT2D eigenvalue weighted by molar-refractivity contribution is 0.414. The topological polar surface area (TPSA) is 36.9 Å². The third-order valence-electron chi connectivity index (χ3n) is 3.40. The van der Waals surface area contributed by atoms with Crippen molar-refractivity contribution in [1.82, 2.24) is 10.2 Å². The zero-order chi connectivity index (χ0) is 13.7. The van der Waals surface area contributed by atoms with Crippen molar-refractivity contribution in [2.24, 2.45) is 10.9 Å². The van der Waals surface area contributed by atoms with Crippen molar-refractivity contribution in [2.75, 3.05) is 27.7 Å².